The zero-order chi connectivity index (χ0) is 12.3. The van der Waals surface area contributed by atoms with Gasteiger partial charge in [-0.25, -0.2) is 0 Å². The Balaban J connectivity index is 2.41. The summed E-state index contributed by atoms with van der Waals surface area (Å²) in [7, 11) is 0. The zero-order valence-corrected chi connectivity index (χ0v) is 13.7. The fraction of sp³-hybridized carbons (Fsp3) is 0. The summed E-state index contributed by atoms with van der Waals surface area (Å²) in [6.45, 7) is 0. The monoisotopic (exact) mass is 454 g/mol. The molecule has 0 atom stereocenters. The molecule has 0 nitrogen and oxygen atoms in total. The molecule has 2 heteroatoms. The molecule has 86 valence electrons. The largest absolute Gasteiger partial charge is 0.0537 e. The fourth-order valence-electron chi connectivity index (χ4n) is 2.76. The maximum absolute atomic E-state index is 2.39. The molecule has 0 aliphatic heterocycles. The van der Waals surface area contributed by atoms with Gasteiger partial charge in [0.1, 0.15) is 0 Å². The fourth-order valence-corrected chi connectivity index (χ4v) is 4.10. The molecule has 0 fully saturated rings. The Kier molecular flexibility index (Phi) is 2.45. The van der Waals surface area contributed by atoms with Crippen molar-refractivity contribution in [2.24, 2.45) is 0 Å². The third-order valence-electron chi connectivity index (χ3n) is 3.46. The zero-order valence-electron chi connectivity index (χ0n) is 9.37. The van der Waals surface area contributed by atoms with Gasteiger partial charge in [0.25, 0.3) is 0 Å². The van der Waals surface area contributed by atoms with E-state index in [1.54, 1.807) is 0 Å². The molecule has 0 spiro atoms. The van der Waals surface area contributed by atoms with Crippen molar-refractivity contribution in [2.75, 3.05) is 0 Å². The van der Waals surface area contributed by atoms with E-state index >= 15 is 0 Å². The van der Waals surface area contributed by atoms with Gasteiger partial charge >= 0.3 is 0 Å². The van der Waals surface area contributed by atoms with E-state index in [-0.39, 0.29) is 0 Å². The molecule has 0 unspecified atom stereocenters. The Hall–Kier alpha value is -0.620. The van der Waals surface area contributed by atoms with Crippen LogP contribution < -0.4 is 0 Å². The quantitative estimate of drug-likeness (QED) is 0.233. The first kappa shape index (κ1) is 11.2. The average molecular weight is 454 g/mol. The minimum absolute atomic E-state index is 1.30. The Morgan fingerprint density at radius 2 is 0.778 bits per heavy atom. The molecular formula is C16H8I2. The first-order valence-electron chi connectivity index (χ1n) is 5.76. The number of hydrogen-bond donors (Lipinski definition) is 0. The number of hydrogen-bond acceptors (Lipinski definition) is 0. The summed E-state index contributed by atoms with van der Waals surface area (Å²) in [5.74, 6) is 0. The molecule has 0 aliphatic rings. The van der Waals surface area contributed by atoms with Gasteiger partial charge in [-0.15, -0.1) is 0 Å². The van der Waals surface area contributed by atoms with Gasteiger partial charge in [-0.3, -0.25) is 0 Å². The van der Waals surface area contributed by atoms with Crippen LogP contribution in [-0.2, 0) is 0 Å². The molecule has 0 radical (unpaired) electrons. The minimum Gasteiger partial charge on any atom is -0.0537 e. The molecule has 0 saturated carbocycles. The maximum atomic E-state index is 2.39. The van der Waals surface area contributed by atoms with Crippen LogP contribution >= 0.6 is 45.2 Å². The average Bonchev–Trinajstić information content (AvgIpc) is 2.34. The van der Waals surface area contributed by atoms with Crippen LogP contribution in [0.1, 0.15) is 0 Å². The molecular weight excluding hydrogens is 446 g/mol. The summed E-state index contributed by atoms with van der Waals surface area (Å²) in [6, 6.07) is 18.0. The highest BCUT2D eigenvalue weighted by atomic mass is 127. The number of rotatable bonds is 0. The van der Waals surface area contributed by atoms with Crippen molar-refractivity contribution in [3.63, 3.8) is 0 Å². The predicted molar refractivity (Wildman–Crippen MR) is 95.6 cm³/mol. The third kappa shape index (κ3) is 1.54. The topological polar surface area (TPSA) is 0 Å². The van der Waals surface area contributed by atoms with E-state index in [9.17, 15) is 0 Å². The van der Waals surface area contributed by atoms with Crippen LogP contribution in [0.3, 0.4) is 0 Å². The molecule has 4 aromatic rings. The van der Waals surface area contributed by atoms with Crippen LogP contribution in [0.5, 0.6) is 0 Å². The highest BCUT2D eigenvalue weighted by molar-refractivity contribution is 14.1. The highest BCUT2D eigenvalue weighted by Gasteiger charge is 2.09. The number of halogens is 2. The maximum Gasteiger partial charge on any atom is 0.0142 e. The lowest BCUT2D eigenvalue weighted by molar-refractivity contribution is 1.72. The van der Waals surface area contributed by atoms with Crippen molar-refractivity contribution in [3.05, 3.63) is 55.7 Å². The van der Waals surface area contributed by atoms with Gasteiger partial charge in [0.05, 0.1) is 0 Å². The van der Waals surface area contributed by atoms with Gasteiger partial charge in [-0.1, -0.05) is 24.3 Å². The molecule has 4 aromatic carbocycles. The van der Waals surface area contributed by atoms with Gasteiger partial charge in [0, 0.05) is 7.14 Å². The van der Waals surface area contributed by atoms with E-state index in [2.05, 4.69) is 93.7 Å². The van der Waals surface area contributed by atoms with E-state index in [4.69, 9.17) is 0 Å². The van der Waals surface area contributed by atoms with Gasteiger partial charge in [-0.2, -0.15) is 0 Å². The van der Waals surface area contributed by atoms with Crippen molar-refractivity contribution in [1.82, 2.24) is 0 Å². The molecule has 4 rings (SSSR count). The van der Waals surface area contributed by atoms with Crippen molar-refractivity contribution < 1.29 is 0 Å². The molecule has 0 amide bonds. The van der Waals surface area contributed by atoms with E-state index in [1.807, 2.05) is 0 Å². The molecule has 0 N–H and O–H groups in total. The Bertz CT molecular complexity index is 752. The van der Waals surface area contributed by atoms with Crippen LogP contribution in [0, 0.1) is 7.14 Å². The van der Waals surface area contributed by atoms with E-state index in [0.29, 0.717) is 0 Å². The van der Waals surface area contributed by atoms with Crippen LogP contribution in [0.15, 0.2) is 48.5 Å². The molecule has 0 heterocycles. The van der Waals surface area contributed by atoms with Crippen molar-refractivity contribution in [1.29, 1.82) is 0 Å². The van der Waals surface area contributed by atoms with Crippen LogP contribution in [0.2, 0.25) is 0 Å². The normalized spacial score (nSPS) is 11.9. The van der Waals surface area contributed by atoms with E-state index < -0.39 is 0 Å². The standard InChI is InChI=1S/C16H8I2/c17-13-5-9-1-2-10-6-14(18)8-12-4-3-11(7-13)15(9)16(10)12/h1-8H. The Morgan fingerprint density at radius 3 is 1.06 bits per heavy atom. The van der Waals surface area contributed by atoms with Crippen LogP contribution in [0.4, 0.5) is 0 Å². The second kappa shape index (κ2) is 3.93. The lowest BCUT2D eigenvalue weighted by Crippen LogP contribution is -1.85. The molecule has 0 aliphatic carbocycles. The third-order valence-corrected chi connectivity index (χ3v) is 4.71. The summed E-state index contributed by atoms with van der Waals surface area (Å²) in [5, 5.41) is 8.18. The predicted octanol–water partition coefficient (Wildman–Crippen LogP) is 5.79. The molecule has 0 saturated heterocycles. The lowest BCUT2D eigenvalue weighted by Gasteiger charge is -2.11. The first-order chi connectivity index (χ1) is 8.72. The van der Waals surface area contributed by atoms with E-state index in [0.717, 1.165) is 0 Å². The van der Waals surface area contributed by atoms with Crippen molar-refractivity contribution in [3.8, 4) is 0 Å². The number of benzene rings is 4. The van der Waals surface area contributed by atoms with Gasteiger partial charge in [0.2, 0.25) is 0 Å². The summed E-state index contributed by atoms with van der Waals surface area (Å²) in [4.78, 5) is 0. The summed E-state index contributed by atoms with van der Waals surface area (Å²) in [5.41, 5.74) is 0. The SMILES string of the molecule is Ic1cc2ccc3cc(I)cc4ccc(c1)c2c34. The van der Waals surface area contributed by atoms with Gasteiger partial charge in [-0.05, 0) is 102 Å². The van der Waals surface area contributed by atoms with Gasteiger partial charge in [0.15, 0.2) is 0 Å². The molecule has 0 aromatic heterocycles. The second-order valence-electron chi connectivity index (χ2n) is 4.59. The Labute approximate surface area is 132 Å². The minimum atomic E-state index is 1.30. The lowest BCUT2D eigenvalue weighted by atomic mass is 9.94. The van der Waals surface area contributed by atoms with E-state index in [1.165, 1.54) is 39.5 Å². The van der Waals surface area contributed by atoms with Crippen molar-refractivity contribution in [2.45, 2.75) is 0 Å². The summed E-state index contributed by atoms with van der Waals surface area (Å²) >= 11 is 4.78. The summed E-state index contributed by atoms with van der Waals surface area (Å²) < 4.78 is 2.60. The molecule has 0 bridgehead atoms. The Morgan fingerprint density at radius 1 is 0.500 bits per heavy atom. The van der Waals surface area contributed by atoms with Gasteiger partial charge < -0.3 is 0 Å². The van der Waals surface area contributed by atoms with Crippen molar-refractivity contribution >= 4 is 77.5 Å². The van der Waals surface area contributed by atoms with Crippen LogP contribution in [-0.4, -0.2) is 0 Å². The summed E-state index contributed by atoms with van der Waals surface area (Å²) in [6.07, 6.45) is 0. The van der Waals surface area contributed by atoms with Crippen LogP contribution in [0.25, 0.3) is 32.3 Å². The second-order valence-corrected chi connectivity index (χ2v) is 7.08. The smallest absolute Gasteiger partial charge is 0.0142 e. The highest BCUT2D eigenvalue weighted by Crippen LogP contribution is 2.36. The first-order valence-corrected chi connectivity index (χ1v) is 7.92. The molecule has 18 heavy (non-hydrogen) atoms.